The molecule has 0 aromatic rings. The minimum absolute atomic E-state index is 0. The van der Waals surface area contributed by atoms with Crippen molar-refractivity contribution in [2.24, 2.45) is 0 Å². The van der Waals surface area contributed by atoms with E-state index in [2.05, 4.69) is 0 Å². The fourth-order valence-electron chi connectivity index (χ4n) is 0.283. The predicted molar refractivity (Wildman–Crippen MR) is 46.5 cm³/mol. The number of halogens is 3. The van der Waals surface area contributed by atoms with Gasteiger partial charge in [-0.3, -0.25) is 0 Å². The van der Waals surface area contributed by atoms with E-state index in [-0.39, 0.29) is 23.9 Å². The summed E-state index contributed by atoms with van der Waals surface area (Å²) in [6, 6.07) is 0. The average molecular weight is 284 g/mol. The predicted octanol–water partition coefficient (Wildman–Crippen LogP) is 1.71. The van der Waals surface area contributed by atoms with Crippen LogP contribution >= 0.6 is 34.8 Å². The van der Waals surface area contributed by atoms with Gasteiger partial charge in [-0.05, 0) is 6.42 Å². The molecule has 0 aliphatic rings. The van der Waals surface area contributed by atoms with Crippen molar-refractivity contribution < 1.29 is 0 Å². The quantitative estimate of drug-likeness (QED) is 0.508. The molecule has 52 valence electrons. The summed E-state index contributed by atoms with van der Waals surface area (Å²) in [5, 5.41) is 0. The van der Waals surface area contributed by atoms with Crippen LogP contribution in [0.2, 0.25) is 0 Å². The summed E-state index contributed by atoms with van der Waals surface area (Å²) in [7, 11) is 0. The molecule has 8 heavy (non-hydrogen) atoms. The van der Waals surface area contributed by atoms with E-state index in [1.165, 1.54) is 0 Å². The maximum atomic E-state index is 5.36. The van der Waals surface area contributed by atoms with E-state index < -0.39 is 3.79 Å². The van der Waals surface area contributed by atoms with Gasteiger partial charge in [-0.15, -0.1) is 0 Å². The van der Waals surface area contributed by atoms with Crippen molar-refractivity contribution in [2.75, 3.05) is 0 Å². The standard InChI is InChI=1S/C4H7Cl3.Sn.4H/c1-2-3-4(5,6)7;;;;;/h2-3H2,1H3;;;;;. The molecule has 0 aliphatic carbocycles. The van der Waals surface area contributed by atoms with Crippen LogP contribution in [0.1, 0.15) is 19.8 Å². The molecule has 0 unspecified atom stereocenters. The van der Waals surface area contributed by atoms with E-state index in [0.717, 1.165) is 6.42 Å². The van der Waals surface area contributed by atoms with Gasteiger partial charge < -0.3 is 0 Å². The molecule has 0 saturated carbocycles. The molecule has 0 amide bonds. The van der Waals surface area contributed by atoms with Gasteiger partial charge in [0.15, 0.2) is 3.79 Å². The summed E-state index contributed by atoms with van der Waals surface area (Å²) in [5.74, 6) is 0. The van der Waals surface area contributed by atoms with Crippen LogP contribution in [0.4, 0.5) is 0 Å². The van der Waals surface area contributed by atoms with E-state index in [4.69, 9.17) is 34.8 Å². The molecule has 0 spiro atoms. The van der Waals surface area contributed by atoms with Crippen LogP contribution in [0.3, 0.4) is 0 Å². The molecule has 0 bridgehead atoms. The summed E-state index contributed by atoms with van der Waals surface area (Å²) in [5.41, 5.74) is 0. The molecule has 0 radical (unpaired) electrons. The first-order valence-corrected chi connectivity index (χ1v) is 3.26. The third-order valence-electron chi connectivity index (χ3n) is 0.533. The Labute approximate surface area is 81.8 Å². The molecular weight excluding hydrogens is 273 g/mol. The van der Waals surface area contributed by atoms with Crippen molar-refractivity contribution in [1.82, 2.24) is 0 Å². The monoisotopic (exact) mass is 284 g/mol. The van der Waals surface area contributed by atoms with Gasteiger partial charge in [-0.1, -0.05) is 48.1 Å². The van der Waals surface area contributed by atoms with Crippen molar-refractivity contribution in [1.29, 1.82) is 0 Å². The Hall–Kier alpha value is 1.67. The second kappa shape index (κ2) is 5.45. The fourth-order valence-corrected chi connectivity index (χ4v) is 0.850. The first-order chi connectivity index (χ1) is 3.06. The van der Waals surface area contributed by atoms with E-state index in [1.807, 2.05) is 6.92 Å². The maximum absolute atomic E-state index is 5.36. The van der Waals surface area contributed by atoms with Crippen molar-refractivity contribution in [3.63, 3.8) is 0 Å². The second-order valence-electron chi connectivity index (χ2n) is 1.37. The zero-order chi connectivity index (χ0) is 5.91. The Kier molecular flexibility index (Phi) is 8.42. The van der Waals surface area contributed by atoms with Gasteiger partial charge >= 0.3 is 23.9 Å². The van der Waals surface area contributed by atoms with E-state index >= 15 is 0 Å². The SMILES string of the molecule is CCCC(Cl)(Cl)Cl.[SnH4]. The van der Waals surface area contributed by atoms with Crippen molar-refractivity contribution in [3.05, 3.63) is 0 Å². The van der Waals surface area contributed by atoms with Crippen LogP contribution in [0, 0.1) is 0 Å². The summed E-state index contributed by atoms with van der Waals surface area (Å²) in [6.45, 7) is 1.97. The van der Waals surface area contributed by atoms with Crippen LogP contribution in [0.15, 0.2) is 0 Å². The first kappa shape index (κ1) is 12.4. The number of hydrogen-bond acceptors (Lipinski definition) is 0. The van der Waals surface area contributed by atoms with Crippen molar-refractivity contribution in [3.8, 4) is 0 Å². The van der Waals surface area contributed by atoms with Gasteiger partial charge in [-0.2, -0.15) is 0 Å². The summed E-state index contributed by atoms with van der Waals surface area (Å²) in [6.07, 6.45) is 1.55. The minimum atomic E-state index is -1.03. The Bertz CT molecular complexity index is 49.7. The van der Waals surface area contributed by atoms with Crippen molar-refractivity contribution in [2.45, 2.75) is 23.6 Å². The molecule has 0 rings (SSSR count). The van der Waals surface area contributed by atoms with Crippen LogP contribution in [0.5, 0.6) is 0 Å². The third kappa shape index (κ3) is 10.6. The first-order valence-electron chi connectivity index (χ1n) is 2.13. The molecule has 4 heteroatoms. The molecular formula is C4H11Cl3Sn. The summed E-state index contributed by atoms with van der Waals surface area (Å²) in [4.78, 5) is 0. The zero-order valence-electron chi connectivity index (χ0n) is 4.05. The second-order valence-corrected chi connectivity index (χ2v) is 3.88. The summed E-state index contributed by atoms with van der Waals surface area (Å²) < 4.78 is -1.03. The normalized spacial score (nSPS) is 10.5. The molecule has 0 aliphatic heterocycles. The average Bonchev–Trinajstić information content (AvgIpc) is 1.30. The molecule has 0 saturated heterocycles. The van der Waals surface area contributed by atoms with Gasteiger partial charge in [0.1, 0.15) is 0 Å². The van der Waals surface area contributed by atoms with Crippen LogP contribution in [0.25, 0.3) is 0 Å². The topological polar surface area (TPSA) is 0 Å². The Balaban J connectivity index is 0. The molecule has 0 atom stereocenters. The zero-order valence-corrected chi connectivity index (χ0v) is 6.32. The molecule has 0 heterocycles. The van der Waals surface area contributed by atoms with Gasteiger partial charge in [0, 0.05) is 0 Å². The van der Waals surface area contributed by atoms with Crippen LogP contribution < -0.4 is 0 Å². The van der Waals surface area contributed by atoms with Gasteiger partial charge in [0.2, 0.25) is 0 Å². The third-order valence-corrected chi connectivity index (χ3v) is 1.10. The fraction of sp³-hybridized carbons (Fsp3) is 1.00. The van der Waals surface area contributed by atoms with Crippen LogP contribution in [-0.2, 0) is 0 Å². The number of alkyl halides is 3. The van der Waals surface area contributed by atoms with Gasteiger partial charge in [0.25, 0.3) is 0 Å². The molecule has 0 nitrogen and oxygen atoms in total. The van der Waals surface area contributed by atoms with Gasteiger partial charge in [0.05, 0.1) is 0 Å². The Morgan fingerprint density at radius 1 is 1.25 bits per heavy atom. The van der Waals surface area contributed by atoms with E-state index in [0.29, 0.717) is 6.42 Å². The molecule has 0 aromatic heterocycles. The molecule has 0 N–H and O–H groups in total. The summed E-state index contributed by atoms with van der Waals surface area (Å²) >= 11 is 16.1. The van der Waals surface area contributed by atoms with E-state index in [9.17, 15) is 0 Å². The van der Waals surface area contributed by atoms with Crippen LogP contribution in [-0.4, -0.2) is 27.7 Å². The molecule has 0 aromatic carbocycles. The van der Waals surface area contributed by atoms with Crippen molar-refractivity contribution >= 4 is 58.7 Å². The molecule has 0 fully saturated rings. The Morgan fingerprint density at radius 2 is 1.62 bits per heavy atom. The number of hydrogen-bond donors (Lipinski definition) is 0. The van der Waals surface area contributed by atoms with Gasteiger partial charge in [-0.25, -0.2) is 0 Å². The Morgan fingerprint density at radius 3 is 1.62 bits per heavy atom. The number of rotatable bonds is 1. The van der Waals surface area contributed by atoms with E-state index in [1.54, 1.807) is 0 Å².